The molecule has 108 valence electrons. The zero-order valence-electron chi connectivity index (χ0n) is 11.7. The minimum Gasteiger partial charge on any atom is -0.361 e. The first-order valence-electron chi connectivity index (χ1n) is 6.45. The second-order valence-electron chi connectivity index (χ2n) is 5.41. The Morgan fingerprint density at radius 1 is 1.58 bits per heavy atom. The Morgan fingerprint density at radius 2 is 2.26 bits per heavy atom. The van der Waals surface area contributed by atoms with E-state index in [1.807, 2.05) is 11.8 Å². The molecule has 2 rings (SSSR count). The Bertz CT molecular complexity index is 461. The fraction of sp³-hybridized carbons (Fsp3) is 0.692. The van der Waals surface area contributed by atoms with Crippen molar-refractivity contribution < 1.29 is 9.32 Å². The third-order valence-electron chi connectivity index (χ3n) is 3.82. The molecule has 0 aromatic carbocycles. The van der Waals surface area contributed by atoms with Crippen molar-refractivity contribution in [3.05, 3.63) is 17.0 Å². The molecule has 19 heavy (non-hydrogen) atoms. The van der Waals surface area contributed by atoms with Crippen LogP contribution in [-0.4, -0.2) is 35.6 Å². The Kier molecular flexibility index (Phi) is 4.98. The van der Waals surface area contributed by atoms with Crippen molar-refractivity contribution in [1.82, 2.24) is 10.1 Å². The number of hydrogen-bond acceptors (Lipinski definition) is 4. The normalized spacial score (nSPS) is 22.4. The summed E-state index contributed by atoms with van der Waals surface area (Å²) in [4.78, 5) is 14.4. The molecule has 1 aliphatic rings. The van der Waals surface area contributed by atoms with E-state index in [0.29, 0.717) is 24.3 Å². The van der Waals surface area contributed by atoms with Crippen LogP contribution in [0.25, 0.3) is 0 Å². The third-order valence-corrected chi connectivity index (χ3v) is 3.82. The largest absolute Gasteiger partial charge is 0.361 e. The summed E-state index contributed by atoms with van der Waals surface area (Å²) >= 11 is 0. The maximum absolute atomic E-state index is 12.5. The van der Waals surface area contributed by atoms with Gasteiger partial charge < -0.3 is 15.2 Å². The van der Waals surface area contributed by atoms with Crippen molar-refractivity contribution in [2.75, 3.05) is 19.6 Å². The van der Waals surface area contributed by atoms with E-state index in [2.05, 4.69) is 12.1 Å². The van der Waals surface area contributed by atoms with Gasteiger partial charge in [-0.15, -0.1) is 12.4 Å². The molecular formula is C13H22ClN3O2. The van der Waals surface area contributed by atoms with E-state index >= 15 is 0 Å². The minimum atomic E-state index is 0. The highest BCUT2D eigenvalue weighted by atomic mass is 35.5. The predicted molar refractivity (Wildman–Crippen MR) is 75.5 cm³/mol. The van der Waals surface area contributed by atoms with Crippen molar-refractivity contribution in [2.45, 2.75) is 33.6 Å². The van der Waals surface area contributed by atoms with Gasteiger partial charge in [0.15, 0.2) is 0 Å². The summed E-state index contributed by atoms with van der Waals surface area (Å²) in [6.07, 6.45) is 1.67. The Labute approximate surface area is 119 Å². The molecule has 0 spiro atoms. The van der Waals surface area contributed by atoms with Gasteiger partial charge in [-0.3, -0.25) is 4.79 Å². The molecule has 2 N–H and O–H groups in total. The molecule has 1 aliphatic heterocycles. The second-order valence-corrected chi connectivity index (χ2v) is 5.41. The third kappa shape index (κ3) is 2.92. The number of rotatable bonds is 3. The fourth-order valence-corrected chi connectivity index (χ4v) is 2.46. The topological polar surface area (TPSA) is 72.4 Å². The number of likely N-dealkylation sites (tertiary alicyclic amines) is 1. The maximum atomic E-state index is 12.5. The average Bonchev–Trinajstić information content (AvgIpc) is 2.93. The number of amides is 1. The molecule has 1 unspecified atom stereocenters. The van der Waals surface area contributed by atoms with E-state index in [1.54, 1.807) is 6.92 Å². The van der Waals surface area contributed by atoms with E-state index in [9.17, 15) is 4.79 Å². The van der Waals surface area contributed by atoms with Crippen LogP contribution in [0.2, 0.25) is 0 Å². The molecule has 5 nitrogen and oxygen atoms in total. The van der Waals surface area contributed by atoms with Crippen LogP contribution < -0.4 is 5.73 Å². The van der Waals surface area contributed by atoms with Crippen LogP contribution in [0, 0.1) is 12.3 Å². The first-order valence-corrected chi connectivity index (χ1v) is 6.45. The lowest BCUT2D eigenvalue weighted by Gasteiger charge is -2.22. The van der Waals surface area contributed by atoms with Crippen LogP contribution in [0.15, 0.2) is 4.52 Å². The Balaban J connectivity index is 0.00000180. The van der Waals surface area contributed by atoms with Crippen LogP contribution in [0.3, 0.4) is 0 Å². The van der Waals surface area contributed by atoms with Crippen LogP contribution in [0.5, 0.6) is 0 Å². The minimum absolute atomic E-state index is 0. The number of halogens is 1. The first-order chi connectivity index (χ1) is 8.50. The van der Waals surface area contributed by atoms with Crippen LogP contribution in [-0.2, 0) is 6.42 Å². The summed E-state index contributed by atoms with van der Waals surface area (Å²) < 4.78 is 5.12. The number of aryl methyl sites for hydroxylation is 2. The van der Waals surface area contributed by atoms with Crippen molar-refractivity contribution in [3.63, 3.8) is 0 Å². The zero-order chi connectivity index (χ0) is 13.3. The number of aromatic nitrogens is 1. The second kappa shape index (κ2) is 5.92. The van der Waals surface area contributed by atoms with Gasteiger partial charge >= 0.3 is 0 Å². The van der Waals surface area contributed by atoms with Crippen LogP contribution >= 0.6 is 12.4 Å². The number of nitrogens with two attached hydrogens (primary N) is 1. The van der Waals surface area contributed by atoms with Gasteiger partial charge in [0.2, 0.25) is 0 Å². The Morgan fingerprint density at radius 3 is 2.79 bits per heavy atom. The van der Waals surface area contributed by atoms with Gasteiger partial charge in [0, 0.05) is 13.1 Å². The molecule has 1 atom stereocenters. The number of carbonyl (C=O) groups excluding carboxylic acids is 1. The standard InChI is InChI=1S/C13H21N3O2.ClH/c1-4-10-11(9(2)18-15-10)12(17)16-6-5-13(3,7-14)8-16;/h4-8,14H2,1-3H3;1H. The predicted octanol–water partition coefficient (Wildman–Crippen LogP) is 1.78. The quantitative estimate of drug-likeness (QED) is 0.920. The lowest BCUT2D eigenvalue weighted by molar-refractivity contribution is 0.0774. The molecule has 0 saturated carbocycles. The van der Waals surface area contributed by atoms with Gasteiger partial charge in [-0.2, -0.15) is 0 Å². The average molecular weight is 288 g/mol. The molecular weight excluding hydrogens is 266 g/mol. The van der Waals surface area contributed by atoms with E-state index in [4.69, 9.17) is 10.3 Å². The number of carbonyl (C=O) groups is 1. The van der Waals surface area contributed by atoms with Gasteiger partial charge in [0.05, 0.1) is 5.69 Å². The lowest BCUT2D eigenvalue weighted by atomic mass is 9.90. The molecule has 1 saturated heterocycles. The fourth-order valence-electron chi connectivity index (χ4n) is 2.46. The molecule has 0 bridgehead atoms. The molecule has 1 amide bonds. The number of nitrogens with zero attached hydrogens (tertiary/aromatic N) is 2. The summed E-state index contributed by atoms with van der Waals surface area (Å²) in [6.45, 7) is 7.98. The van der Waals surface area contributed by atoms with Crippen LogP contribution in [0.4, 0.5) is 0 Å². The van der Waals surface area contributed by atoms with E-state index < -0.39 is 0 Å². The Hall–Kier alpha value is -1.07. The molecule has 1 aromatic heterocycles. The molecule has 0 aliphatic carbocycles. The van der Waals surface area contributed by atoms with E-state index in [-0.39, 0.29) is 23.7 Å². The van der Waals surface area contributed by atoms with Crippen molar-refractivity contribution in [1.29, 1.82) is 0 Å². The van der Waals surface area contributed by atoms with Crippen molar-refractivity contribution >= 4 is 18.3 Å². The highest BCUT2D eigenvalue weighted by Gasteiger charge is 2.36. The highest BCUT2D eigenvalue weighted by molar-refractivity contribution is 5.96. The highest BCUT2D eigenvalue weighted by Crippen LogP contribution is 2.30. The van der Waals surface area contributed by atoms with Crippen molar-refractivity contribution in [2.24, 2.45) is 11.1 Å². The molecule has 1 aromatic rings. The summed E-state index contributed by atoms with van der Waals surface area (Å²) in [6, 6.07) is 0. The van der Waals surface area contributed by atoms with E-state index in [0.717, 1.165) is 25.2 Å². The SMILES string of the molecule is CCc1noc(C)c1C(=O)N1CCC(C)(CN)C1.Cl. The van der Waals surface area contributed by atoms with Gasteiger partial charge in [0.1, 0.15) is 11.3 Å². The smallest absolute Gasteiger partial charge is 0.259 e. The maximum Gasteiger partial charge on any atom is 0.259 e. The van der Waals surface area contributed by atoms with Gasteiger partial charge in [0.25, 0.3) is 5.91 Å². The van der Waals surface area contributed by atoms with Gasteiger partial charge in [-0.25, -0.2) is 0 Å². The lowest BCUT2D eigenvalue weighted by Crippen LogP contribution is -2.35. The molecule has 6 heteroatoms. The van der Waals surface area contributed by atoms with Gasteiger partial charge in [-0.05, 0) is 31.7 Å². The van der Waals surface area contributed by atoms with Crippen molar-refractivity contribution in [3.8, 4) is 0 Å². The number of hydrogen-bond donors (Lipinski definition) is 1. The summed E-state index contributed by atoms with van der Waals surface area (Å²) in [5, 5.41) is 3.94. The molecule has 1 fully saturated rings. The summed E-state index contributed by atoms with van der Waals surface area (Å²) in [7, 11) is 0. The monoisotopic (exact) mass is 287 g/mol. The molecule has 2 heterocycles. The van der Waals surface area contributed by atoms with E-state index in [1.165, 1.54) is 0 Å². The zero-order valence-corrected chi connectivity index (χ0v) is 12.5. The van der Waals surface area contributed by atoms with Gasteiger partial charge in [-0.1, -0.05) is 19.0 Å². The van der Waals surface area contributed by atoms with Crippen LogP contribution in [0.1, 0.15) is 42.1 Å². The summed E-state index contributed by atoms with van der Waals surface area (Å²) in [5.74, 6) is 0.640. The molecule has 0 radical (unpaired) electrons. The summed E-state index contributed by atoms with van der Waals surface area (Å²) in [5.41, 5.74) is 7.20. The first kappa shape index (κ1) is 16.0.